The Labute approximate surface area is 156 Å². The fraction of sp³-hybridized carbons (Fsp3) is 0.250. The third-order valence-corrected chi connectivity index (χ3v) is 4.90. The third-order valence-electron chi connectivity index (χ3n) is 3.81. The van der Waals surface area contributed by atoms with E-state index in [1.807, 2.05) is 54.6 Å². The van der Waals surface area contributed by atoms with Gasteiger partial charge in [0, 0.05) is 13.0 Å². The first-order chi connectivity index (χ1) is 12.7. The van der Waals surface area contributed by atoms with Crippen molar-refractivity contribution in [2.75, 3.05) is 6.61 Å². The molecule has 0 unspecified atom stereocenters. The van der Waals surface area contributed by atoms with E-state index in [-0.39, 0.29) is 24.9 Å². The smallest absolute Gasteiger partial charge is 0.306 e. The molecular weight excluding hydrogens is 348 g/mol. The van der Waals surface area contributed by atoms with Crippen LogP contribution >= 0.6 is 11.3 Å². The van der Waals surface area contributed by atoms with Crippen molar-refractivity contribution in [3.63, 3.8) is 0 Å². The summed E-state index contributed by atoms with van der Waals surface area (Å²) in [6.07, 6.45) is 1.67. The second-order valence-electron chi connectivity index (χ2n) is 5.85. The van der Waals surface area contributed by atoms with Gasteiger partial charge in [-0.3, -0.25) is 9.59 Å². The molecule has 0 aliphatic heterocycles. The zero-order valence-corrected chi connectivity index (χ0v) is 15.1. The maximum Gasteiger partial charge on any atom is 0.306 e. The summed E-state index contributed by atoms with van der Waals surface area (Å²) in [5, 5.41) is 3.74. The number of carbonyl (C=O) groups excluding carboxylic acids is 2. The standard InChI is InChI=1S/C20H20N2O3S/c23-18(21-13-15-7-2-1-3-8-15)14-25-20(24)12-6-11-19-22-16-9-4-5-10-17(16)26-19/h1-5,7-10H,6,11-14H2,(H,21,23). The Balaban J connectivity index is 1.33. The third kappa shape index (κ3) is 5.39. The Kier molecular flexibility index (Phi) is 6.33. The number of thiazole rings is 1. The lowest BCUT2D eigenvalue weighted by Gasteiger charge is -2.06. The van der Waals surface area contributed by atoms with Gasteiger partial charge in [-0.2, -0.15) is 0 Å². The summed E-state index contributed by atoms with van der Waals surface area (Å²) in [5.74, 6) is -0.658. The van der Waals surface area contributed by atoms with E-state index in [1.54, 1.807) is 11.3 Å². The number of aryl methyl sites for hydroxylation is 1. The highest BCUT2D eigenvalue weighted by atomic mass is 32.1. The van der Waals surface area contributed by atoms with E-state index in [0.717, 1.165) is 27.2 Å². The normalized spacial score (nSPS) is 10.6. The lowest BCUT2D eigenvalue weighted by atomic mass is 10.2. The average Bonchev–Trinajstić information content (AvgIpc) is 3.08. The summed E-state index contributed by atoms with van der Waals surface area (Å²) < 4.78 is 6.17. The number of esters is 1. The van der Waals surface area contributed by atoms with Gasteiger partial charge in [0.1, 0.15) is 0 Å². The van der Waals surface area contributed by atoms with E-state index in [2.05, 4.69) is 10.3 Å². The number of fused-ring (bicyclic) bond motifs is 1. The first kappa shape index (κ1) is 18.1. The molecule has 134 valence electrons. The van der Waals surface area contributed by atoms with Crippen LogP contribution in [0.15, 0.2) is 54.6 Å². The molecule has 5 nitrogen and oxygen atoms in total. The van der Waals surface area contributed by atoms with Crippen molar-refractivity contribution in [3.05, 3.63) is 65.2 Å². The number of ether oxygens (including phenoxy) is 1. The molecule has 2 aromatic carbocycles. The predicted octanol–water partition coefficient (Wildman–Crippen LogP) is 3.48. The lowest BCUT2D eigenvalue weighted by Crippen LogP contribution is -2.28. The molecule has 1 heterocycles. The molecule has 26 heavy (non-hydrogen) atoms. The number of nitrogens with zero attached hydrogens (tertiary/aromatic N) is 1. The van der Waals surface area contributed by atoms with Gasteiger partial charge in [0.05, 0.1) is 15.2 Å². The van der Waals surface area contributed by atoms with Crippen LogP contribution in [0.4, 0.5) is 0 Å². The number of rotatable bonds is 8. The van der Waals surface area contributed by atoms with Crippen LogP contribution in [0.3, 0.4) is 0 Å². The molecule has 0 atom stereocenters. The molecule has 0 aliphatic rings. The summed E-state index contributed by atoms with van der Waals surface area (Å²) in [5.41, 5.74) is 1.99. The van der Waals surface area contributed by atoms with Gasteiger partial charge in [0.25, 0.3) is 5.91 Å². The van der Waals surface area contributed by atoms with E-state index in [9.17, 15) is 9.59 Å². The van der Waals surface area contributed by atoms with Crippen molar-refractivity contribution in [1.82, 2.24) is 10.3 Å². The van der Waals surface area contributed by atoms with Gasteiger partial charge >= 0.3 is 5.97 Å². The largest absolute Gasteiger partial charge is 0.456 e. The summed E-state index contributed by atoms with van der Waals surface area (Å²) in [7, 11) is 0. The predicted molar refractivity (Wildman–Crippen MR) is 102 cm³/mol. The number of nitrogens with one attached hydrogen (secondary N) is 1. The second-order valence-corrected chi connectivity index (χ2v) is 6.97. The SMILES string of the molecule is O=C(COC(=O)CCCc1nc2ccccc2s1)NCc1ccccc1. The molecule has 6 heteroatoms. The second kappa shape index (κ2) is 9.10. The minimum absolute atomic E-state index is 0.243. The number of hydrogen-bond donors (Lipinski definition) is 1. The number of hydrogen-bond acceptors (Lipinski definition) is 5. The molecule has 3 aromatic rings. The molecule has 3 rings (SSSR count). The number of aromatic nitrogens is 1. The van der Waals surface area contributed by atoms with Crippen LogP contribution in [0.2, 0.25) is 0 Å². The van der Waals surface area contributed by atoms with Gasteiger partial charge in [0.2, 0.25) is 0 Å². The number of para-hydroxylation sites is 1. The summed E-state index contributed by atoms with van der Waals surface area (Å²) >= 11 is 1.64. The number of benzene rings is 2. The molecule has 0 radical (unpaired) electrons. The monoisotopic (exact) mass is 368 g/mol. The Bertz CT molecular complexity index is 844. The quantitative estimate of drug-likeness (QED) is 0.618. The Hall–Kier alpha value is -2.73. The van der Waals surface area contributed by atoms with Gasteiger partial charge in [-0.25, -0.2) is 4.98 Å². The minimum atomic E-state index is -0.360. The molecule has 1 aromatic heterocycles. The summed E-state index contributed by atoms with van der Waals surface area (Å²) in [4.78, 5) is 28.0. The van der Waals surface area contributed by atoms with Crippen molar-refractivity contribution in [1.29, 1.82) is 0 Å². The maximum atomic E-state index is 11.8. The Morgan fingerprint density at radius 2 is 1.81 bits per heavy atom. The van der Waals surface area contributed by atoms with E-state index >= 15 is 0 Å². The number of amides is 1. The molecule has 0 fully saturated rings. The highest BCUT2D eigenvalue weighted by Crippen LogP contribution is 2.22. The van der Waals surface area contributed by atoms with Gasteiger partial charge in [-0.1, -0.05) is 42.5 Å². The van der Waals surface area contributed by atoms with Crippen LogP contribution in [-0.2, 0) is 27.3 Å². The van der Waals surface area contributed by atoms with E-state index in [4.69, 9.17) is 4.74 Å². The van der Waals surface area contributed by atoms with Crippen molar-refractivity contribution in [3.8, 4) is 0 Å². The molecular formula is C20H20N2O3S. The first-order valence-corrected chi connectivity index (χ1v) is 9.33. The Morgan fingerprint density at radius 3 is 2.62 bits per heavy atom. The minimum Gasteiger partial charge on any atom is -0.456 e. The van der Waals surface area contributed by atoms with Gasteiger partial charge < -0.3 is 10.1 Å². The molecule has 1 N–H and O–H groups in total. The van der Waals surface area contributed by atoms with E-state index in [0.29, 0.717) is 13.0 Å². The van der Waals surface area contributed by atoms with Gasteiger partial charge in [-0.05, 0) is 30.5 Å². The van der Waals surface area contributed by atoms with E-state index in [1.165, 1.54) is 0 Å². The van der Waals surface area contributed by atoms with Crippen molar-refractivity contribution < 1.29 is 14.3 Å². The van der Waals surface area contributed by atoms with Crippen molar-refractivity contribution in [2.24, 2.45) is 0 Å². The van der Waals surface area contributed by atoms with Crippen LogP contribution in [0.5, 0.6) is 0 Å². The summed E-state index contributed by atoms with van der Waals surface area (Å²) in [6.45, 7) is 0.182. The topological polar surface area (TPSA) is 68.3 Å². The number of carbonyl (C=O) groups is 2. The van der Waals surface area contributed by atoms with Gasteiger partial charge in [-0.15, -0.1) is 11.3 Å². The fourth-order valence-corrected chi connectivity index (χ4v) is 3.49. The zero-order valence-electron chi connectivity index (χ0n) is 14.3. The van der Waals surface area contributed by atoms with Gasteiger partial charge in [0.15, 0.2) is 6.61 Å². The molecule has 0 bridgehead atoms. The molecule has 0 saturated carbocycles. The molecule has 0 saturated heterocycles. The molecule has 0 spiro atoms. The van der Waals surface area contributed by atoms with Crippen LogP contribution < -0.4 is 5.32 Å². The van der Waals surface area contributed by atoms with Crippen LogP contribution in [0.25, 0.3) is 10.2 Å². The van der Waals surface area contributed by atoms with E-state index < -0.39 is 0 Å². The summed E-state index contributed by atoms with van der Waals surface area (Å²) in [6, 6.07) is 17.6. The van der Waals surface area contributed by atoms with Crippen LogP contribution in [-0.4, -0.2) is 23.5 Å². The first-order valence-electron chi connectivity index (χ1n) is 8.51. The average molecular weight is 368 g/mol. The van der Waals surface area contributed by atoms with Crippen molar-refractivity contribution >= 4 is 33.4 Å². The Morgan fingerprint density at radius 1 is 1.04 bits per heavy atom. The highest BCUT2D eigenvalue weighted by Gasteiger charge is 2.09. The van der Waals surface area contributed by atoms with Crippen LogP contribution in [0, 0.1) is 0 Å². The van der Waals surface area contributed by atoms with Crippen molar-refractivity contribution in [2.45, 2.75) is 25.8 Å². The molecule has 0 aliphatic carbocycles. The lowest BCUT2D eigenvalue weighted by molar-refractivity contribution is -0.148. The molecule has 1 amide bonds. The maximum absolute atomic E-state index is 11.8. The zero-order chi connectivity index (χ0) is 18.2. The fourth-order valence-electron chi connectivity index (χ4n) is 2.48. The van der Waals surface area contributed by atoms with Crippen LogP contribution in [0.1, 0.15) is 23.4 Å². The highest BCUT2D eigenvalue weighted by molar-refractivity contribution is 7.18.